The molecule has 0 amide bonds. The lowest BCUT2D eigenvalue weighted by Crippen LogP contribution is -2.07. The van der Waals surface area contributed by atoms with Crippen molar-refractivity contribution in [2.45, 2.75) is 6.54 Å². The van der Waals surface area contributed by atoms with Crippen LogP contribution in [0.2, 0.25) is 0 Å². The van der Waals surface area contributed by atoms with Gasteiger partial charge in [-0.3, -0.25) is 0 Å². The highest BCUT2D eigenvalue weighted by molar-refractivity contribution is 5.51. The summed E-state index contributed by atoms with van der Waals surface area (Å²) in [5, 5.41) is 8.61. The van der Waals surface area contributed by atoms with E-state index in [4.69, 9.17) is 19.4 Å². The van der Waals surface area contributed by atoms with E-state index in [-0.39, 0.29) is 6.79 Å². The van der Waals surface area contributed by atoms with Crippen molar-refractivity contribution in [3.05, 3.63) is 17.7 Å². The molecule has 1 aliphatic rings. The Balaban J connectivity index is 2.38. The van der Waals surface area contributed by atoms with Crippen LogP contribution in [0, 0.1) is 0 Å². The fourth-order valence-corrected chi connectivity index (χ4v) is 1.38. The minimum Gasteiger partial charge on any atom is -0.496 e. The summed E-state index contributed by atoms with van der Waals surface area (Å²) in [6.45, 7) is 0.536. The van der Waals surface area contributed by atoms with Gasteiger partial charge in [-0.25, -0.2) is 5.48 Å². The predicted molar refractivity (Wildman–Crippen MR) is 47.7 cm³/mol. The van der Waals surface area contributed by atoms with E-state index < -0.39 is 0 Å². The van der Waals surface area contributed by atoms with Crippen molar-refractivity contribution in [3.63, 3.8) is 0 Å². The maximum Gasteiger partial charge on any atom is 0.231 e. The molecule has 76 valence electrons. The molecule has 1 aromatic carbocycles. The van der Waals surface area contributed by atoms with Gasteiger partial charge in [-0.2, -0.15) is 0 Å². The molecule has 0 aliphatic carbocycles. The largest absolute Gasteiger partial charge is 0.496 e. The zero-order valence-electron chi connectivity index (χ0n) is 7.74. The third kappa shape index (κ3) is 1.47. The number of ether oxygens (including phenoxy) is 3. The maximum absolute atomic E-state index is 8.61. The Bertz CT molecular complexity index is 340. The molecule has 2 rings (SSSR count). The van der Waals surface area contributed by atoms with E-state index in [1.54, 1.807) is 19.2 Å². The minimum absolute atomic E-state index is 0.231. The van der Waals surface area contributed by atoms with E-state index in [1.807, 2.05) is 0 Å². The quantitative estimate of drug-likeness (QED) is 0.705. The summed E-state index contributed by atoms with van der Waals surface area (Å²) in [6.07, 6.45) is 0. The molecule has 2 N–H and O–H groups in total. The summed E-state index contributed by atoms with van der Waals surface area (Å²) < 4.78 is 15.5. The summed E-state index contributed by atoms with van der Waals surface area (Å²) in [5.74, 6) is 2.01. The standard InChI is InChI=1S/C9H11NO4/c1-12-7-3-9-8(13-5-14-9)2-6(7)4-10-11/h2-3,10-11H,4-5H2,1H3. The Morgan fingerprint density at radius 3 is 2.79 bits per heavy atom. The second-order valence-electron chi connectivity index (χ2n) is 2.85. The van der Waals surface area contributed by atoms with E-state index in [0.717, 1.165) is 5.56 Å². The maximum atomic E-state index is 8.61. The number of nitrogens with one attached hydrogen (secondary N) is 1. The van der Waals surface area contributed by atoms with Gasteiger partial charge in [0.25, 0.3) is 0 Å². The van der Waals surface area contributed by atoms with Gasteiger partial charge >= 0.3 is 0 Å². The van der Waals surface area contributed by atoms with Crippen LogP contribution >= 0.6 is 0 Å². The molecule has 0 bridgehead atoms. The molecule has 0 saturated heterocycles. The molecule has 5 heteroatoms. The molecule has 0 unspecified atom stereocenters. The second-order valence-corrected chi connectivity index (χ2v) is 2.85. The molecule has 0 fully saturated rings. The summed E-state index contributed by atoms with van der Waals surface area (Å²) >= 11 is 0. The first-order valence-corrected chi connectivity index (χ1v) is 4.18. The minimum atomic E-state index is 0.231. The van der Waals surface area contributed by atoms with E-state index in [1.165, 1.54) is 0 Å². The molecule has 1 heterocycles. The van der Waals surface area contributed by atoms with Crippen molar-refractivity contribution in [2.24, 2.45) is 0 Å². The number of benzene rings is 1. The van der Waals surface area contributed by atoms with E-state index >= 15 is 0 Å². The molecule has 1 aliphatic heterocycles. The summed E-state index contributed by atoms with van der Waals surface area (Å²) in [6, 6.07) is 3.53. The molecule has 0 radical (unpaired) electrons. The predicted octanol–water partition coefficient (Wildman–Crippen LogP) is 0.903. The van der Waals surface area contributed by atoms with Gasteiger partial charge < -0.3 is 19.4 Å². The van der Waals surface area contributed by atoms with Crippen molar-refractivity contribution in [3.8, 4) is 17.2 Å². The lowest BCUT2D eigenvalue weighted by atomic mass is 10.2. The number of hydroxylamine groups is 1. The van der Waals surface area contributed by atoms with Crippen LogP contribution < -0.4 is 19.7 Å². The van der Waals surface area contributed by atoms with Gasteiger partial charge in [0, 0.05) is 18.2 Å². The van der Waals surface area contributed by atoms with Crippen molar-refractivity contribution in [1.82, 2.24) is 5.48 Å². The first-order chi connectivity index (χ1) is 6.85. The first-order valence-electron chi connectivity index (χ1n) is 4.18. The van der Waals surface area contributed by atoms with Crippen molar-refractivity contribution in [1.29, 1.82) is 0 Å². The van der Waals surface area contributed by atoms with Crippen LogP contribution in [-0.2, 0) is 6.54 Å². The zero-order valence-corrected chi connectivity index (χ0v) is 7.74. The van der Waals surface area contributed by atoms with Gasteiger partial charge in [0.05, 0.1) is 7.11 Å². The summed E-state index contributed by atoms with van der Waals surface area (Å²) in [7, 11) is 1.57. The lowest BCUT2D eigenvalue weighted by molar-refractivity contribution is 0.160. The number of fused-ring (bicyclic) bond motifs is 1. The van der Waals surface area contributed by atoms with Crippen molar-refractivity contribution in [2.75, 3.05) is 13.9 Å². The third-order valence-electron chi connectivity index (χ3n) is 2.05. The van der Waals surface area contributed by atoms with Gasteiger partial charge in [-0.1, -0.05) is 0 Å². The molecule has 0 spiro atoms. The Morgan fingerprint density at radius 1 is 1.43 bits per heavy atom. The van der Waals surface area contributed by atoms with Crippen molar-refractivity contribution >= 4 is 0 Å². The SMILES string of the molecule is COc1cc2c(cc1CNO)OCO2. The van der Waals surface area contributed by atoms with Gasteiger partial charge in [-0.15, -0.1) is 0 Å². The Labute approximate surface area is 81.2 Å². The Hall–Kier alpha value is -1.46. The molecule has 0 aromatic heterocycles. The molecule has 14 heavy (non-hydrogen) atoms. The van der Waals surface area contributed by atoms with Crippen LogP contribution in [0.5, 0.6) is 17.2 Å². The van der Waals surface area contributed by atoms with Crippen LogP contribution in [0.4, 0.5) is 0 Å². The highest BCUT2D eigenvalue weighted by Crippen LogP contribution is 2.37. The van der Waals surface area contributed by atoms with Crippen LogP contribution in [0.25, 0.3) is 0 Å². The fraction of sp³-hybridized carbons (Fsp3) is 0.333. The Morgan fingerprint density at radius 2 is 2.14 bits per heavy atom. The van der Waals surface area contributed by atoms with Crippen LogP contribution in [0.15, 0.2) is 12.1 Å². The van der Waals surface area contributed by atoms with Gasteiger partial charge in [0.15, 0.2) is 11.5 Å². The monoisotopic (exact) mass is 197 g/mol. The first kappa shape index (κ1) is 9.11. The fourth-order valence-electron chi connectivity index (χ4n) is 1.38. The average Bonchev–Trinajstić information content (AvgIpc) is 2.64. The lowest BCUT2D eigenvalue weighted by Gasteiger charge is -2.08. The smallest absolute Gasteiger partial charge is 0.231 e. The molecule has 0 saturated carbocycles. The summed E-state index contributed by atoms with van der Waals surface area (Å²) in [4.78, 5) is 0. The zero-order chi connectivity index (χ0) is 9.97. The average molecular weight is 197 g/mol. The topological polar surface area (TPSA) is 60.0 Å². The van der Waals surface area contributed by atoms with Crippen LogP contribution in [0.3, 0.4) is 0 Å². The molecule has 1 aromatic rings. The second kappa shape index (κ2) is 3.73. The van der Waals surface area contributed by atoms with Crippen molar-refractivity contribution < 1.29 is 19.4 Å². The Kier molecular flexibility index (Phi) is 2.43. The number of hydrogen-bond donors (Lipinski definition) is 2. The molecular formula is C9H11NO4. The number of hydrogen-bond acceptors (Lipinski definition) is 5. The third-order valence-corrected chi connectivity index (χ3v) is 2.05. The normalized spacial score (nSPS) is 13.0. The van der Waals surface area contributed by atoms with Gasteiger partial charge in [-0.05, 0) is 6.07 Å². The molecular weight excluding hydrogens is 186 g/mol. The van der Waals surface area contributed by atoms with Gasteiger partial charge in [0.2, 0.25) is 6.79 Å². The van der Waals surface area contributed by atoms with Crippen LogP contribution in [-0.4, -0.2) is 19.1 Å². The highest BCUT2D eigenvalue weighted by Gasteiger charge is 2.17. The number of methoxy groups -OCH3 is 1. The van der Waals surface area contributed by atoms with E-state index in [2.05, 4.69) is 5.48 Å². The van der Waals surface area contributed by atoms with E-state index in [0.29, 0.717) is 23.8 Å². The number of rotatable bonds is 3. The van der Waals surface area contributed by atoms with E-state index in [9.17, 15) is 0 Å². The summed E-state index contributed by atoms with van der Waals surface area (Å²) in [5.41, 5.74) is 2.89. The van der Waals surface area contributed by atoms with Gasteiger partial charge in [0.1, 0.15) is 5.75 Å². The molecule has 0 atom stereocenters. The highest BCUT2D eigenvalue weighted by atomic mass is 16.7. The van der Waals surface area contributed by atoms with Crippen LogP contribution in [0.1, 0.15) is 5.56 Å². The molecule has 5 nitrogen and oxygen atoms in total.